The van der Waals surface area contributed by atoms with E-state index in [2.05, 4.69) is 4.72 Å². The van der Waals surface area contributed by atoms with Crippen molar-refractivity contribution < 1.29 is 26.0 Å². The zero-order chi connectivity index (χ0) is 17.3. The molecular formula is C14H19ClF4N2O2S. The summed E-state index contributed by atoms with van der Waals surface area (Å²) in [5.74, 6) is -1.64. The van der Waals surface area contributed by atoms with E-state index in [1.807, 2.05) is 0 Å². The molecule has 1 saturated carbocycles. The summed E-state index contributed by atoms with van der Waals surface area (Å²) in [5, 5.41) is 0. The molecule has 24 heavy (non-hydrogen) atoms. The SMILES string of the molecule is Cl.NCC1CCCCC1NS(=O)(=O)c1ccc(C(F)(F)F)c(F)c1. The highest BCUT2D eigenvalue weighted by Gasteiger charge is 2.35. The van der Waals surface area contributed by atoms with Gasteiger partial charge in [0.05, 0.1) is 10.5 Å². The largest absolute Gasteiger partial charge is 0.419 e. The summed E-state index contributed by atoms with van der Waals surface area (Å²) in [6.45, 7) is 0.314. The average Bonchev–Trinajstić information content (AvgIpc) is 2.46. The number of halogens is 5. The van der Waals surface area contributed by atoms with Gasteiger partial charge in [0, 0.05) is 6.04 Å². The van der Waals surface area contributed by atoms with Crippen molar-refractivity contribution in [3.63, 3.8) is 0 Å². The molecule has 0 amide bonds. The van der Waals surface area contributed by atoms with Crippen molar-refractivity contribution in [3.05, 3.63) is 29.6 Å². The Hall–Kier alpha value is -0.900. The molecule has 2 rings (SSSR count). The Kier molecular flexibility index (Phi) is 7.04. The maximum absolute atomic E-state index is 13.6. The second kappa shape index (κ2) is 7.99. The summed E-state index contributed by atoms with van der Waals surface area (Å²) >= 11 is 0. The molecule has 0 heterocycles. The van der Waals surface area contributed by atoms with E-state index in [1.165, 1.54) is 0 Å². The summed E-state index contributed by atoms with van der Waals surface area (Å²) in [4.78, 5) is -0.524. The van der Waals surface area contributed by atoms with Crippen LogP contribution < -0.4 is 10.5 Å². The van der Waals surface area contributed by atoms with Crippen LogP contribution in [0.3, 0.4) is 0 Å². The number of rotatable bonds is 4. The molecule has 4 nitrogen and oxygen atoms in total. The highest BCUT2D eigenvalue weighted by Crippen LogP contribution is 2.32. The molecular weight excluding hydrogens is 372 g/mol. The summed E-state index contributed by atoms with van der Waals surface area (Å²) in [5.41, 5.74) is 4.13. The van der Waals surface area contributed by atoms with Gasteiger partial charge in [-0.1, -0.05) is 12.8 Å². The lowest BCUT2D eigenvalue weighted by Crippen LogP contribution is -2.44. The van der Waals surface area contributed by atoms with Gasteiger partial charge in [0.1, 0.15) is 5.82 Å². The van der Waals surface area contributed by atoms with Crippen molar-refractivity contribution in [1.82, 2.24) is 4.72 Å². The molecule has 3 N–H and O–H groups in total. The number of hydrogen-bond acceptors (Lipinski definition) is 3. The molecule has 0 bridgehead atoms. The van der Waals surface area contributed by atoms with Crippen molar-refractivity contribution >= 4 is 22.4 Å². The first kappa shape index (κ1) is 21.1. The summed E-state index contributed by atoms with van der Waals surface area (Å²) < 4.78 is 78.1. The molecule has 2 unspecified atom stereocenters. The van der Waals surface area contributed by atoms with Gasteiger partial charge in [-0.25, -0.2) is 17.5 Å². The van der Waals surface area contributed by atoms with Crippen LogP contribution >= 0.6 is 12.4 Å². The van der Waals surface area contributed by atoms with Gasteiger partial charge < -0.3 is 5.73 Å². The van der Waals surface area contributed by atoms with Gasteiger partial charge in [-0.05, 0) is 43.5 Å². The standard InChI is InChI=1S/C14H18F4N2O2S.ClH/c15-12-7-10(5-6-11(12)14(16,17)18)23(21,22)20-13-4-2-1-3-9(13)8-19;/h5-7,9,13,20H,1-4,8,19H2;1H. The first-order valence-electron chi connectivity index (χ1n) is 7.24. The molecule has 1 aliphatic carbocycles. The van der Waals surface area contributed by atoms with E-state index in [4.69, 9.17) is 5.73 Å². The van der Waals surface area contributed by atoms with Gasteiger partial charge in [0.15, 0.2) is 0 Å². The van der Waals surface area contributed by atoms with E-state index < -0.39 is 32.5 Å². The smallest absolute Gasteiger partial charge is 0.330 e. The molecule has 0 radical (unpaired) electrons. The lowest BCUT2D eigenvalue weighted by atomic mass is 9.85. The van der Waals surface area contributed by atoms with Gasteiger partial charge in [-0.2, -0.15) is 13.2 Å². The van der Waals surface area contributed by atoms with E-state index in [0.29, 0.717) is 25.1 Å². The summed E-state index contributed by atoms with van der Waals surface area (Å²) in [6.07, 6.45) is -1.69. The molecule has 1 aromatic carbocycles. The molecule has 0 saturated heterocycles. The lowest BCUT2D eigenvalue weighted by Gasteiger charge is -2.31. The van der Waals surface area contributed by atoms with Gasteiger partial charge in [0.2, 0.25) is 10.0 Å². The van der Waals surface area contributed by atoms with E-state index >= 15 is 0 Å². The van der Waals surface area contributed by atoms with Crippen LogP contribution in [0.25, 0.3) is 0 Å². The zero-order valence-corrected chi connectivity index (χ0v) is 14.3. The molecule has 1 aliphatic rings. The monoisotopic (exact) mass is 390 g/mol. The van der Waals surface area contributed by atoms with Crippen LogP contribution in [0, 0.1) is 11.7 Å². The van der Waals surface area contributed by atoms with E-state index in [-0.39, 0.29) is 24.4 Å². The van der Waals surface area contributed by atoms with Crippen molar-refractivity contribution in [2.45, 2.75) is 42.8 Å². The quantitative estimate of drug-likeness (QED) is 0.776. The first-order valence-corrected chi connectivity index (χ1v) is 8.72. The van der Waals surface area contributed by atoms with E-state index in [9.17, 15) is 26.0 Å². The fraction of sp³-hybridized carbons (Fsp3) is 0.571. The molecule has 10 heteroatoms. The Bertz CT molecular complexity index is 667. The maximum atomic E-state index is 13.6. The lowest BCUT2D eigenvalue weighted by molar-refractivity contribution is -0.140. The predicted octanol–water partition coefficient (Wildman–Crippen LogP) is 3.06. The maximum Gasteiger partial charge on any atom is 0.419 e. The highest BCUT2D eigenvalue weighted by atomic mass is 35.5. The van der Waals surface area contributed by atoms with E-state index in [1.54, 1.807) is 0 Å². The molecule has 0 spiro atoms. The van der Waals surface area contributed by atoms with Crippen molar-refractivity contribution in [2.75, 3.05) is 6.54 Å². The van der Waals surface area contributed by atoms with Crippen LogP contribution in [0.1, 0.15) is 31.2 Å². The number of sulfonamides is 1. The normalized spacial score (nSPS) is 22.0. The van der Waals surface area contributed by atoms with Crippen molar-refractivity contribution in [1.29, 1.82) is 0 Å². The minimum absolute atomic E-state index is 0. The number of nitrogens with one attached hydrogen (secondary N) is 1. The first-order chi connectivity index (χ1) is 10.6. The third-order valence-corrected chi connectivity index (χ3v) is 5.56. The van der Waals surface area contributed by atoms with Crippen LogP contribution in [-0.2, 0) is 16.2 Å². The highest BCUT2D eigenvalue weighted by molar-refractivity contribution is 7.89. The summed E-state index contributed by atoms with van der Waals surface area (Å²) in [6, 6.07) is 1.20. The topological polar surface area (TPSA) is 72.2 Å². The third-order valence-electron chi connectivity index (χ3n) is 4.07. The molecule has 0 aromatic heterocycles. The fourth-order valence-corrected chi connectivity index (χ4v) is 4.16. The van der Waals surface area contributed by atoms with Crippen molar-refractivity contribution in [2.24, 2.45) is 11.7 Å². The van der Waals surface area contributed by atoms with Gasteiger partial charge in [-0.15, -0.1) is 12.4 Å². The van der Waals surface area contributed by atoms with Crippen LogP contribution in [0.2, 0.25) is 0 Å². The molecule has 1 aromatic rings. The summed E-state index contributed by atoms with van der Waals surface area (Å²) in [7, 11) is -4.10. The van der Waals surface area contributed by atoms with Crippen LogP contribution in [-0.4, -0.2) is 21.0 Å². The Balaban J connectivity index is 0.00000288. The fourth-order valence-electron chi connectivity index (χ4n) is 2.81. The van der Waals surface area contributed by atoms with Crippen LogP contribution in [0.4, 0.5) is 17.6 Å². The average molecular weight is 391 g/mol. The van der Waals surface area contributed by atoms with Gasteiger partial charge in [0.25, 0.3) is 0 Å². The second-order valence-corrected chi connectivity index (χ2v) is 7.36. The van der Waals surface area contributed by atoms with Gasteiger partial charge in [-0.3, -0.25) is 0 Å². The Labute approximate surface area is 144 Å². The zero-order valence-electron chi connectivity index (χ0n) is 12.6. The van der Waals surface area contributed by atoms with Gasteiger partial charge >= 0.3 is 6.18 Å². The number of benzene rings is 1. The van der Waals surface area contributed by atoms with Crippen molar-refractivity contribution in [3.8, 4) is 0 Å². The minimum atomic E-state index is -4.87. The number of alkyl halides is 3. The number of hydrogen-bond donors (Lipinski definition) is 2. The Morgan fingerprint density at radius 1 is 1.21 bits per heavy atom. The molecule has 138 valence electrons. The third kappa shape index (κ3) is 4.81. The minimum Gasteiger partial charge on any atom is -0.330 e. The number of nitrogens with two attached hydrogens (primary N) is 1. The molecule has 2 atom stereocenters. The Morgan fingerprint density at radius 3 is 2.38 bits per heavy atom. The molecule has 1 fully saturated rings. The second-order valence-electron chi connectivity index (χ2n) is 5.65. The van der Waals surface area contributed by atoms with Crippen LogP contribution in [0.5, 0.6) is 0 Å². The Morgan fingerprint density at radius 2 is 1.83 bits per heavy atom. The van der Waals surface area contributed by atoms with E-state index in [0.717, 1.165) is 25.3 Å². The molecule has 0 aliphatic heterocycles. The predicted molar refractivity (Wildman–Crippen MR) is 83.8 cm³/mol. The van der Waals surface area contributed by atoms with Crippen LogP contribution in [0.15, 0.2) is 23.1 Å².